The van der Waals surface area contributed by atoms with Crippen LogP contribution >= 0.6 is 11.3 Å². The Morgan fingerprint density at radius 3 is 2.42 bits per heavy atom. The largest absolute Gasteiger partial charge is 0.477 e. The molecule has 2 aromatic heterocycles. The van der Waals surface area contributed by atoms with Crippen LogP contribution in [0, 0.1) is 0 Å². The molecule has 0 unspecified atom stereocenters. The summed E-state index contributed by atoms with van der Waals surface area (Å²) in [6.07, 6.45) is 0. The molecule has 2 aromatic carbocycles. The molecule has 0 aliphatic heterocycles. The molecule has 4 rings (SSSR count). The van der Waals surface area contributed by atoms with Gasteiger partial charge in [0.25, 0.3) is 5.56 Å². The number of benzene rings is 2. The lowest BCUT2D eigenvalue weighted by atomic mass is 10.1. The van der Waals surface area contributed by atoms with Crippen LogP contribution in [-0.4, -0.2) is 15.6 Å². The van der Waals surface area contributed by atoms with Gasteiger partial charge in [-0.2, -0.15) is 0 Å². The number of nitrogens with two attached hydrogens (primary N) is 1. The van der Waals surface area contributed by atoms with E-state index in [1.807, 2.05) is 54.6 Å². The maximum absolute atomic E-state index is 13.1. The van der Waals surface area contributed by atoms with Crippen molar-refractivity contribution in [2.75, 3.05) is 5.73 Å². The molecule has 0 bridgehead atoms. The van der Waals surface area contributed by atoms with Gasteiger partial charge in [0, 0.05) is 11.1 Å². The molecule has 0 aliphatic rings. The van der Waals surface area contributed by atoms with E-state index in [0.717, 1.165) is 22.2 Å². The van der Waals surface area contributed by atoms with Crippen molar-refractivity contribution < 1.29 is 9.90 Å². The fraction of sp³-hybridized carbons (Fsp3) is 0. The van der Waals surface area contributed by atoms with Crippen molar-refractivity contribution in [2.24, 2.45) is 0 Å². The van der Waals surface area contributed by atoms with E-state index in [1.54, 1.807) is 4.57 Å². The average Bonchev–Trinajstić information content (AvgIpc) is 2.94. The summed E-state index contributed by atoms with van der Waals surface area (Å²) in [5.74, 6) is -1.12. The lowest BCUT2D eigenvalue weighted by Gasteiger charge is -2.11. The summed E-state index contributed by atoms with van der Waals surface area (Å²) in [5, 5.41) is 10.4. The Bertz CT molecular complexity index is 1160. The quantitative estimate of drug-likeness (QED) is 0.587. The van der Waals surface area contributed by atoms with Crippen LogP contribution in [0.25, 0.3) is 26.7 Å². The van der Waals surface area contributed by atoms with E-state index in [-0.39, 0.29) is 21.5 Å². The molecule has 0 saturated carbocycles. The van der Waals surface area contributed by atoms with Gasteiger partial charge in [0.15, 0.2) is 0 Å². The van der Waals surface area contributed by atoms with Crippen molar-refractivity contribution in [3.8, 4) is 5.69 Å². The van der Waals surface area contributed by atoms with E-state index in [9.17, 15) is 14.7 Å². The molecule has 0 amide bonds. The van der Waals surface area contributed by atoms with Gasteiger partial charge in [-0.25, -0.2) is 4.79 Å². The fourth-order valence-electron chi connectivity index (χ4n) is 2.92. The molecule has 3 N–H and O–H groups in total. The van der Waals surface area contributed by atoms with Crippen LogP contribution < -0.4 is 11.3 Å². The van der Waals surface area contributed by atoms with Crippen LogP contribution in [0.2, 0.25) is 0 Å². The summed E-state index contributed by atoms with van der Waals surface area (Å²) < 4.78 is 2.18. The average molecular weight is 336 g/mol. The zero-order chi connectivity index (χ0) is 16.8. The molecule has 0 spiro atoms. The highest BCUT2D eigenvalue weighted by Gasteiger charge is 2.22. The Morgan fingerprint density at radius 2 is 1.71 bits per heavy atom. The van der Waals surface area contributed by atoms with Crippen LogP contribution in [0.4, 0.5) is 5.69 Å². The van der Waals surface area contributed by atoms with Gasteiger partial charge >= 0.3 is 5.97 Å². The number of anilines is 1. The summed E-state index contributed by atoms with van der Waals surface area (Å²) in [7, 11) is 0. The van der Waals surface area contributed by atoms with Crippen molar-refractivity contribution in [3.05, 3.63) is 69.8 Å². The first kappa shape index (κ1) is 14.5. The minimum absolute atomic E-state index is 0.00179. The monoisotopic (exact) mass is 336 g/mol. The summed E-state index contributed by atoms with van der Waals surface area (Å²) in [5.41, 5.74) is 7.15. The second kappa shape index (κ2) is 5.21. The highest BCUT2D eigenvalue weighted by Crippen LogP contribution is 2.36. The van der Waals surface area contributed by atoms with Gasteiger partial charge in [-0.15, -0.1) is 11.3 Å². The lowest BCUT2D eigenvalue weighted by molar-refractivity contribution is 0.0703. The summed E-state index contributed by atoms with van der Waals surface area (Å²) in [4.78, 5) is 24.5. The molecule has 0 aliphatic carbocycles. The lowest BCUT2D eigenvalue weighted by Crippen LogP contribution is -2.19. The van der Waals surface area contributed by atoms with Gasteiger partial charge in [-0.3, -0.25) is 9.36 Å². The van der Waals surface area contributed by atoms with Crippen molar-refractivity contribution >= 4 is 44.0 Å². The standard InChI is InChI=1S/C18H12N2O3S/c19-14-13-15(24-16(14)18(22)23)11-8-4-5-9-12(11)20(17(13)21)10-6-2-1-3-7-10/h1-9H,19H2,(H,22,23). The molecule has 5 nitrogen and oxygen atoms in total. The third kappa shape index (κ3) is 1.93. The number of aromatic nitrogens is 1. The number of para-hydroxylation sites is 2. The highest BCUT2D eigenvalue weighted by atomic mass is 32.1. The molecule has 2 heterocycles. The first-order valence-electron chi connectivity index (χ1n) is 7.24. The molecule has 0 saturated heterocycles. The summed E-state index contributed by atoms with van der Waals surface area (Å²) in [6, 6.07) is 16.7. The van der Waals surface area contributed by atoms with Crippen molar-refractivity contribution in [1.29, 1.82) is 0 Å². The first-order valence-corrected chi connectivity index (χ1v) is 8.05. The molecule has 0 fully saturated rings. The first-order chi connectivity index (χ1) is 11.6. The Balaban J connectivity index is 2.28. The second-order valence-electron chi connectivity index (χ2n) is 5.35. The molecule has 118 valence electrons. The number of carboxylic acids is 1. The molecule has 6 heteroatoms. The van der Waals surface area contributed by atoms with Crippen LogP contribution in [-0.2, 0) is 0 Å². The number of fused-ring (bicyclic) bond motifs is 3. The fourth-order valence-corrected chi connectivity index (χ4v) is 4.01. The second-order valence-corrected chi connectivity index (χ2v) is 6.37. The van der Waals surface area contributed by atoms with Gasteiger partial charge < -0.3 is 10.8 Å². The zero-order valence-corrected chi connectivity index (χ0v) is 13.2. The number of rotatable bonds is 2. The Hall–Kier alpha value is -3.12. The van der Waals surface area contributed by atoms with E-state index in [1.165, 1.54) is 0 Å². The van der Waals surface area contributed by atoms with Crippen LogP contribution in [0.5, 0.6) is 0 Å². The molecular formula is C18H12N2O3S. The summed E-state index contributed by atoms with van der Waals surface area (Å²) in [6.45, 7) is 0. The van der Waals surface area contributed by atoms with Crippen LogP contribution in [0.15, 0.2) is 59.4 Å². The van der Waals surface area contributed by atoms with Gasteiger partial charge in [0.1, 0.15) is 4.88 Å². The Morgan fingerprint density at radius 1 is 1.04 bits per heavy atom. The van der Waals surface area contributed by atoms with Gasteiger partial charge in [-0.05, 0) is 18.2 Å². The number of hydrogen-bond acceptors (Lipinski definition) is 4. The number of nitrogens with zero attached hydrogens (tertiary/aromatic N) is 1. The smallest absolute Gasteiger partial charge is 0.348 e. The normalized spacial score (nSPS) is 11.2. The molecule has 4 aromatic rings. The predicted molar refractivity (Wildman–Crippen MR) is 96.3 cm³/mol. The molecule has 0 radical (unpaired) electrons. The van der Waals surface area contributed by atoms with Gasteiger partial charge in [-0.1, -0.05) is 36.4 Å². The van der Waals surface area contributed by atoms with Crippen molar-refractivity contribution in [2.45, 2.75) is 0 Å². The number of hydrogen-bond donors (Lipinski definition) is 2. The van der Waals surface area contributed by atoms with Crippen LogP contribution in [0.1, 0.15) is 9.67 Å². The maximum atomic E-state index is 13.1. The zero-order valence-electron chi connectivity index (χ0n) is 12.4. The minimum atomic E-state index is -1.12. The number of nitrogen functional groups attached to an aromatic ring is 1. The van der Waals surface area contributed by atoms with E-state index in [2.05, 4.69) is 0 Å². The topological polar surface area (TPSA) is 85.3 Å². The number of pyridine rings is 1. The highest BCUT2D eigenvalue weighted by molar-refractivity contribution is 7.22. The number of aromatic carboxylic acids is 1. The summed E-state index contributed by atoms with van der Waals surface area (Å²) >= 11 is 1.04. The number of carboxylic acid groups (broad SMARTS) is 1. The van der Waals surface area contributed by atoms with E-state index >= 15 is 0 Å². The molecule has 0 atom stereocenters. The van der Waals surface area contributed by atoms with E-state index < -0.39 is 5.97 Å². The molecular weight excluding hydrogens is 324 g/mol. The van der Waals surface area contributed by atoms with Crippen molar-refractivity contribution in [3.63, 3.8) is 0 Å². The minimum Gasteiger partial charge on any atom is -0.477 e. The Kier molecular flexibility index (Phi) is 3.14. The number of thiophene rings is 1. The van der Waals surface area contributed by atoms with E-state index in [0.29, 0.717) is 10.4 Å². The number of carbonyl (C=O) groups is 1. The van der Waals surface area contributed by atoms with Gasteiger partial charge in [0.2, 0.25) is 0 Å². The van der Waals surface area contributed by atoms with Crippen LogP contribution in [0.3, 0.4) is 0 Å². The SMILES string of the molecule is Nc1c(C(=O)O)sc2c1c(=O)n(-c1ccccc1)c1ccccc21. The third-order valence-corrected chi connectivity index (χ3v) is 5.19. The van der Waals surface area contributed by atoms with E-state index in [4.69, 9.17) is 5.73 Å². The van der Waals surface area contributed by atoms with Crippen molar-refractivity contribution in [1.82, 2.24) is 4.57 Å². The van der Waals surface area contributed by atoms with Gasteiger partial charge in [0.05, 0.1) is 21.3 Å². The molecule has 24 heavy (non-hydrogen) atoms. The predicted octanol–water partition coefficient (Wildman–Crippen LogP) is 3.49. The third-order valence-electron chi connectivity index (χ3n) is 3.96. The maximum Gasteiger partial charge on any atom is 0.348 e. The Labute approximate surface area is 140 Å².